The number of nitrogens with zero attached hydrogens (tertiary/aromatic N) is 2. The molecule has 13 heteroatoms. The van der Waals surface area contributed by atoms with Crippen molar-refractivity contribution in [3.05, 3.63) is 141 Å². The van der Waals surface area contributed by atoms with E-state index in [4.69, 9.17) is 10.8 Å². The fourth-order valence-corrected chi connectivity index (χ4v) is 3.20. The van der Waals surface area contributed by atoms with Crippen molar-refractivity contribution >= 4 is 46.2 Å². The third-order valence-electron chi connectivity index (χ3n) is 5.29. The van der Waals surface area contributed by atoms with E-state index in [2.05, 4.69) is 5.32 Å². The SMILES string of the molecule is C.Nc1ccc([N+](=O)[O-])cc1.O=C(CC(=O)c1ccccc1)Nc1ccc([N+](=O)[O-])cc1.O=C(O)CC(=O)c1ccccc1. The van der Waals surface area contributed by atoms with Gasteiger partial charge in [-0.25, -0.2) is 0 Å². The summed E-state index contributed by atoms with van der Waals surface area (Å²) in [6.07, 6.45) is -0.717. The van der Waals surface area contributed by atoms with Crippen LogP contribution in [-0.4, -0.2) is 38.4 Å². The van der Waals surface area contributed by atoms with Gasteiger partial charge in [0.25, 0.3) is 11.4 Å². The molecule has 0 aliphatic carbocycles. The van der Waals surface area contributed by atoms with Crippen molar-refractivity contribution < 1.29 is 34.1 Å². The zero-order valence-electron chi connectivity index (χ0n) is 22.5. The quantitative estimate of drug-likeness (QED) is 0.0671. The Labute approximate surface area is 252 Å². The van der Waals surface area contributed by atoms with Crippen LogP contribution in [0, 0.1) is 20.2 Å². The van der Waals surface area contributed by atoms with Gasteiger partial charge in [-0.3, -0.25) is 39.4 Å². The number of aliphatic carboxylic acids is 1. The summed E-state index contributed by atoms with van der Waals surface area (Å²) >= 11 is 0. The van der Waals surface area contributed by atoms with E-state index in [0.29, 0.717) is 22.5 Å². The van der Waals surface area contributed by atoms with Crippen molar-refractivity contribution in [2.45, 2.75) is 20.3 Å². The maximum Gasteiger partial charge on any atom is 0.311 e. The Kier molecular flexibility index (Phi) is 14.8. The number of carboxylic acids is 1. The van der Waals surface area contributed by atoms with Crippen LogP contribution in [0.4, 0.5) is 22.7 Å². The molecule has 4 aromatic rings. The molecule has 0 saturated heterocycles. The number of nitrogen functional groups attached to an aromatic ring is 1. The summed E-state index contributed by atoms with van der Waals surface area (Å²) in [5, 5.41) is 31.4. The monoisotopic (exact) mass is 602 g/mol. The van der Waals surface area contributed by atoms with Crippen LogP contribution in [0.25, 0.3) is 0 Å². The standard InChI is InChI=1S/C15H12N2O4.C9H8O3.C6H6N2O2.CH4/c18-14(11-4-2-1-3-5-11)10-15(19)16-12-6-8-13(9-7-12)17(20)21;10-8(6-9(11)12)7-4-2-1-3-5-7;7-5-1-3-6(4-2-5)8(9)10;/h1-9H,10H2,(H,16,19);1-5H,6H2,(H,11,12);1-4H,7H2;1H4. The number of nitrogens with one attached hydrogen (secondary N) is 1. The smallest absolute Gasteiger partial charge is 0.311 e. The van der Waals surface area contributed by atoms with Crippen LogP contribution in [-0.2, 0) is 9.59 Å². The topological polar surface area (TPSA) is 213 Å². The van der Waals surface area contributed by atoms with E-state index in [9.17, 15) is 39.4 Å². The number of amides is 1. The maximum atomic E-state index is 11.8. The van der Waals surface area contributed by atoms with E-state index in [1.54, 1.807) is 60.7 Å². The summed E-state index contributed by atoms with van der Waals surface area (Å²) in [6.45, 7) is 0. The summed E-state index contributed by atoms with van der Waals surface area (Å²) in [7, 11) is 0. The van der Waals surface area contributed by atoms with Crippen LogP contribution in [0.5, 0.6) is 0 Å². The normalized spacial score (nSPS) is 9.36. The predicted molar refractivity (Wildman–Crippen MR) is 164 cm³/mol. The van der Waals surface area contributed by atoms with E-state index in [-0.39, 0.29) is 36.8 Å². The molecule has 4 aromatic carbocycles. The maximum absolute atomic E-state index is 11.8. The largest absolute Gasteiger partial charge is 0.481 e. The van der Waals surface area contributed by atoms with Crippen LogP contribution in [0.3, 0.4) is 0 Å². The van der Waals surface area contributed by atoms with Crippen LogP contribution in [0.1, 0.15) is 41.0 Å². The number of non-ortho nitro benzene ring substituents is 2. The second kappa shape index (κ2) is 18.2. The molecule has 0 bridgehead atoms. The molecule has 0 spiro atoms. The molecule has 4 rings (SSSR count). The number of Topliss-reactive ketones (excluding diaryl/α,β-unsaturated/α-hetero) is 2. The van der Waals surface area contributed by atoms with Crippen molar-refractivity contribution in [1.82, 2.24) is 0 Å². The molecule has 4 N–H and O–H groups in total. The average molecular weight is 603 g/mol. The third-order valence-corrected chi connectivity index (χ3v) is 5.29. The van der Waals surface area contributed by atoms with Crippen molar-refractivity contribution in [1.29, 1.82) is 0 Å². The van der Waals surface area contributed by atoms with E-state index >= 15 is 0 Å². The number of hydrogen-bond donors (Lipinski definition) is 3. The minimum Gasteiger partial charge on any atom is -0.481 e. The lowest BCUT2D eigenvalue weighted by atomic mass is 10.1. The molecule has 0 aliphatic heterocycles. The average Bonchev–Trinajstić information content (AvgIpc) is 2.99. The Morgan fingerprint density at radius 3 is 1.41 bits per heavy atom. The Balaban J connectivity index is 0.000000358. The molecular weight excluding hydrogens is 572 g/mol. The molecule has 0 aromatic heterocycles. The van der Waals surface area contributed by atoms with Crippen LogP contribution in [0.2, 0.25) is 0 Å². The number of hydrogen-bond acceptors (Lipinski definition) is 9. The van der Waals surface area contributed by atoms with E-state index in [0.717, 1.165) is 0 Å². The first-order valence-corrected chi connectivity index (χ1v) is 12.4. The lowest BCUT2D eigenvalue weighted by molar-refractivity contribution is -0.385. The zero-order valence-corrected chi connectivity index (χ0v) is 22.5. The van der Waals surface area contributed by atoms with Gasteiger partial charge in [0, 0.05) is 46.8 Å². The Morgan fingerprint density at radius 1 is 0.636 bits per heavy atom. The van der Waals surface area contributed by atoms with Crippen molar-refractivity contribution in [3.63, 3.8) is 0 Å². The number of rotatable bonds is 9. The number of nitro groups is 2. The highest BCUT2D eigenvalue weighted by Crippen LogP contribution is 2.16. The second-order valence-corrected chi connectivity index (χ2v) is 8.53. The van der Waals surface area contributed by atoms with Gasteiger partial charge in [0.2, 0.25) is 5.91 Å². The van der Waals surface area contributed by atoms with Gasteiger partial charge >= 0.3 is 5.97 Å². The third kappa shape index (κ3) is 13.0. The molecule has 44 heavy (non-hydrogen) atoms. The molecular formula is C31H30N4O9. The number of carbonyl (C=O) groups is 4. The highest BCUT2D eigenvalue weighted by molar-refractivity contribution is 6.11. The molecule has 0 aliphatic rings. The number of carboxylic acid groups (broad SMARTS) is 1. The number of anilines is 2. The second-order valence-electron chi connectivity index (χ2n) is 8.53. The number of ketones is 2. The summed E-state index contributed by atoms with van der Waals surface area (Å²) in [4.78, 5) is 64.4. The first kappa shape index (κ1) is 35.8. The van der Waals surface area contributed by atoms with E-state index in [1.165, 1.54) is 48.5 Å². The summed E-state index contributed by atoms with van der Waals surface area (Å²) < 4.78 is 0. The van der Waals surface area contributed by atoms with Gasteiger partial charge in [-0.1, -0.05) is 68.1 Å². The fourth-order valence-electron chi connectivity index (χ4n) is 3.20. The zero-order chi connectivity index (χ0) is 31.8. The molecule has 0 heterocycles. The fraction of sp³-hybridized carbons (Fsp3) is 0.0968. The molecule has 0 unspecified atom stereocenters. The number of carbonyl (C=O) groups excluding carboxylic acids is 3. The van der Waals surface area contributed by atoms with Crippen molar-refractivity contribution in [2.75, 3.05) is 11.1 Å². The highest BCUT2D eigenvalue weighted by Gasteiger charge is 2.12. The Morgan fingerprint density at radius 2 is 1.02 bits per heavy atom. The number of nitrogens with two attached hydrogens (primary N) is 1. The van der Waals surface area contributed by atoms with Gasteiger partial charge in [0.1, 0.15) is 6.42 Å². The summed E-state index contributed by atoms with van der Waals surface area (Å²) in [5.41, 5.74) is 7.16. The van der Waals surface area contributed by atoms with Crippen LogP contribution < -0.4 is 11.1 Å². The van der Waals surface area contributed by atoms with Gasteiger partial charge < -0.3 is 16.2 Å². The van der Waals surface area contributed by atoms with Gasteiger partial charge in [-0.05, 0) is 24.3 Å². The van der Waals surface area contributed by atoms with Gasteiger partial charge in [0.05, 0.1) is 16.3 Å². The van der Waals surface area contributed by atoms with E-state index < -0.39 is 28.1 Å². The Hall–Kier alpha value is -6.24. The first-order valence-electron chi connectivity index (χ1n) is 12.4. The highest BCUT2D eigenvalue weighted by atomic mass is 16.6. The molecule has 0 fully saturated rings. The van der Waals surface area contributed by atoms with E-state index in [1.807, 2.05) is 0 Å². The molecule has 0 atom stereocenters. The number of nitro benzene ring substituents is 2. The number of benzene rings is 4. The van der Waals surface area contributed by atoms with Gasteiger partial charge in [-0.2, -0.15) is 0 Å². The molecule has 0 radical (unpaired) electrons. The van der Waals surface area contributed by atoms with Gasteiger partial charge in [0.15, 0.2) is 11.6 Å². The minimum absolute atomic E-state index is 0. The molecule has 228 valence electrons. The predicted octanol–water partition coefficient (Wildman–Crippen LogP) is 5.96. The van der Waals surface area contributed by atoms with Crippen molar-refractivity contribution in [3.8, 4) is 0 Å². The lowest BCUT2D eigenvalue weighted by Gasteiger charge is -2.04. The van der Waals surface area contributed by atoms with Crippen molar-refractivity contribution in [2.24, 2.45) is 0 Å². The van der Waals surface area contributed by atoms with Crippen LogP contribution >= 0.6 is 0 Å². The molecule has 1 amide bonds. The lowest BCUT2D eigenvalue weighted by Crippen LogP contribution is -2.16. The Bertz CT molecular complexity index is 1560. The van der Waals surface area contributed by atoms with Crippen LogP contribution in [0.15, 0.2) is 109 Å². The van der Waals surface area contributed by atoms with Gasteiger partial charge in [-0.15, -0.1) is 0 Å². The molecule has 0 saturated carbocycles. The molecule has 13 nitrogen and oxygen atoms in total. The summed E-state index contributed by atoms with van der Waals surface area (Å²) in [5.74, 6) is -2.19. The minimum atomic E-state index is -1.09. The summed E-state index contributed by atoms with van der Waals surface area (Å²) in [6, 6.07) is 28.0. The first-order chi connectivity index (χ1) is 20.5.